The summed E-state index contributed by atoms with van der Waals surface area (Å²) in [4.78, 5) is 0. The zero-order valence-electron chi connectivity index (χ0n) is 28.8. The molecular formula is C37H51NO9. The highest BCUT2D eigenvalue weighted by Crippen LogP contribution is 2.80. The van der Waals surface area contributed by atoms with Crippen LogP contribution in [-0.2, 0) is 35.7 Å². The smallest absolute Gasteiger partial charge is 0.178 e. The Bertz CT molecular complexity index is 1590. The van der Waals surface area contributed by atoms with Gasteiger partial charge in [-0.1, -0.05) is 31.6 Å². The number of anilines is 1. The molecule has 0 radical (unpaired) electrons. The lowest BCUT2D eigenvalue weighted by atomic mass is 9.39. The molecule has 258 valence electrons. The quantitative estimate of drug-likeness (QED) is 0.243. The third-order valence-corrected chi connectivity index (χ3v) is 14.6. The van der Waals surface area contributed by atoms with Crippen molar-refractivity contribution in [1.82, 2.24) is 0 Å². The molecule has 1 aromatic carbocycles. The number of rotatable bonds is 3. The minimum Gasteiger partial charge on any atom is -0.390 e. The number of aliphatic hydroxyl groups excluding tert-OH is 1. The molecule has 9 rings (SSSR count). The largest absolute Gasteiger partial charge is 0.390 e. The first-order chi connectivity index (χ1) is 21.8. The Labute approximate surface area is 276 Å². The van der Waals surface area contributed by atoms with Crippen LogP contribution in [0.2, 0.25) is 0 Å². The number of fused-ring (bicyclic) bond motifs is 9. The van der Waals surface area contributed by atoms with Gasteiger partial charge in [0.05, 0.1) is 23.4 Å². The lowest BCUT2D eigenvalue weighted by molar-refractivity contribution is -0.364. The molecule has 14 unspecified atom stereocenters. The van der Waals surface area contributed by atoms with Crippen LogP contribution in [-0.4, -0.2) is 91.5 Å². The maximum Gasteiger partial charge on any atom is 0.178 e. The lowest BCUT2D eigenvalue weighted by Gasteiger charge is -2.69. The van der Waals surface area contributed by atoms with Gasteiger partial charge < -0.3 is 49.4 Å². The summed E-state index contributed by atoms with van der Waals surface area (Å²) in [5.41, 5.74) is -5.91. The molecule has 0 aromatic heterocycles. The average molecular weight is 654 g/mol. The number of ether oxygens (including phenoxy) is 5. The number of benzene rings is 1. The molecule has 3 saturated carbocycles. The van der Waals surface area contributed by atoms with Gasteiger partial charge in [-0.25, -0.2) is 0 Å². The summed E-state index contributed by atoms with van der Waals surface area (Å²) >= 11 is 0. The van der Waals surface area contributed by atoms with Crippen LogP contribution in [0.1, 0.15) is 92.2 Å². The first kappa shape index (κ1) is 31.4. The molecule has 5 N–H and O–H groups in total. The zero-order valence-corrected chi connectivity index (χ0v) is 28.8. The van der Waals surface area contributed by atoms with Crippen LogP contribution in [0.25, 0.3) is 0 Å². The van der Waals surface area contributed by atoms with Crippen molar-refractivity contribution in [2.75, 3.05) is 5.32 Å². The summed E-state index contributed by atoms with van der Waals surface area (Å²) in [6.45, 7) is 16.0. The Morgan fingerprint density at radius 3 is 2.32 bits per heavy atom. The van der Waals surface area contributed by atoms with Crippen molar-refractivity contribution in [3.8, 4) is 0 Å². The molecule has 4 saturated heterocycles. The monoisotopic (exact) mass is 653 g/mol. The van der Waals surface area contributed by atoms with E-state index in [9.17, 15) is 20.4 Å². The molecule has 10 heteroatoms. The van der Waals surface area contributed by atoms with Crippen molar-refractivity contribution in [2.24, 2.45) is 16.7 Å². The number of aliphatic hydroxyl groups is 4. The third-order valence-electron chi connectivity index (χ3n) is 14.6. The van der Waals surface area contributed by atoms with Crippen LogP contribution in [0, 0.1) is 16.7 Å². The fraction of sp³-hybridized carbons (Fsp3) is 0.784. The van der Waals surface area contributed by atoms with Crippen LogP contribution < -0.4 is 5.32 Å². The van der Waals surface area contributed by atoms with E-state index in [1.807, 2.05) is 65.8 Å². The van der Waals surface area contributed by atoms with E-state index in [1.54, 1.807) is 0 Å². The van der Waals surface area contributed by atoms with Gasteiger partial charge in [0.1, 0.15) is 35.6 Å². The Hall–Kier alpha value is -1.60. The summed E-state index contributed by atoms with van der Waals surface area (Å²) in [6.07, 6.45) is 0.0213. The Balaban J connectivity index is 1.13. The van der Waals surface area contributed by atoms with E-state index >= 15 is 0 Å². The number of hydrogen-bond donors (Lipinski definition) is 5. The predicted octanol–water partition coefficient (Wildman–Crippen LogP) is 3.42. The molecule has 8 aliphatic rings. The number of nitrogens with one attached hydrogen (secondary N) is 1. The van der Waals surface area contributed by atoms with Crippen molar-refractivity contribution in [3.63, 3.8) is 0 Å². The first-order valence-electron chi connectivity index (χ1n) is 17.5. The van der Waals surface area contributed by atoms with Gasteiger partial charge in [-0.2, -0.15) is 0 Å². The van der Waals surface area contributed by atoms with E-state index in [2.05, 4.69) is 19.2 Å². The fourth-order valence-corrected chi connectivity index (χ4v) is 11.9. The molecule has 14 atom stereocenters. The second kappa shape index (κ2) is 8.82. The Morgan fingerprint density at radius 2 is 1.64 bits per heavy atom. The molecule has 5 heterocycles. The van der Waals surface area contributed by atoms with E-state index in [1.165, 1.54) is 0 Å². The van der Waals surface area contributed by atoms with E-state index in [-0.39, 0.29) is 24.0 Å². The van der Waals surface area contributed by atoms with E-state index in [0.29, 0.717) is 31.4 Å². The van der Waals surface area contributed by atoms with E-state index in [0.717, 1.165) is 16.7 Å². The number of allylic oxidation sites excluding steroid dienone is 1. The SMILES string of the molecule is CC(C)=CC1OC2C(OC3C(O)CC4(C)C(O)(CCC5CC6(O)c7c(CC8OC8(C)C)cccc7NC6(O)C54C)C34OC24)C(C)(C)O1. The highest BCUT2D eigenvalue weighted by molar-refractivity contribution is 5.68. The maximum absolute atomic E-state index is 13.3. The van der Waals surface area contributed by atoms with Gasteiger partial charge in [0.2, 0.25) is 0 Å². The van der Waals surface area contributed by atoms with Gasteiger partial charge in [-0.3, -0.25) is 0 Å². The molecule has 10 nitrogen and oxygen atoms in total. The van der Waals surface area contributed by atoms with Crippen molar-refractivity contribution >= 4 is 5.69 Å². The predicted molar refractivity (Wildman–Crippen MR) is 170 cm³/mol. The average Bonchev–Trinajstić information content (AvgIpc) is 3.82. The van der Waals surface area contributed by atoms with E-state index < -0.39 is 75.8 Å². The Morgan fingerprint density at radius 1 is 0.915 bits per heavy atom. The van der Waals surface area contributed by atoms with Crippen molar-refractivity contribution < 1.29 is 44.1 Å². The second-order valence-electron chi connectivity index (χ2n) is 17.8. The summed E-state index contributed by atoms with van der Waals surface area (Å²) < 4.78 is 32.2. The number of epoxide rings is 2. The third kappa shape index (κ3) is 3.39. The van der Waals surface area contributed by atoms with Gasteiger partial charge in [0.15, 0.2) is 17.6 Å². The molecule has 1 aromatic rings. The van der Waals surface area contributed by atoms with Crippen LogP contribution >= 0.6 is 0 Å². The second-order valence-corrected chi connectivity index (χ2v) is 17.8. The molecule has 3 aliphatic carbocycles. The molecular weight excluding hydrogens is 602 g/mol. The standard InChI is InChI=1S/C37H51NO9/c1-18(2)14-24-43-26-28(31(5,6)46-24)44-27-22(39)17-32(7)33(8)20(12-13-35(32,41)36(27)29(26)47-36)16-34(40)25-19(15-23-30(3,4)45-23)10-9-11-21(25)38-37(33,34)42/h9-11,14,20,22-24,26-29,38-42H,12-13,15-17H2,1-8H3. The molecule has 0 amide bonds. The highest BCUT2D eigenvalue weighted by Gasteiger charge is 2.92. The molecule has 47 heavy (non-hydrogen) atoms. The van der Waals surface area contributed by atoms with Gasteiger partial charge in [-0.05, 0) is 90.8 Å². The van der Waals surface area contributed by atoms with Crippen molar-refractivity contribution in [3.05, 3.63) is 41.0 Å². The zero-order chi connectivity index (χ0) is 33.5. The topological polar surface area (TPSA) is 146 Å². The van der Waals surface area contributed by atoms with Gasteiger partial charge in [0, 0.05) is 28.5 Å². The molecule has 0 bridgehead atoms. The van der Waals surface area contributed by atoms with E-state index in [4.69, 9.17) is 23.7 Å². The molecule has 5 aliphatic heterocycles. The maximum atomic E-state index is 13.3. The first-order valence-corrected chi connectivity index (χ1v) is 17.5. The summed E-state index contributed by atoms with van der Waals surface area (Å²) in [6, 6.07) is 5.89. The Kier molecular flexibility index (Phi) is 5.89. The summed E-state index contributed by atoms with van der Waals surface area (Å²) in [5.74, 6) is -0.153. The lowest BCUT2D eigenvalue weighted by Crippen LogP contribution is -2.82. The van der Waals surface area contributed by atoms with Crippen molar-refractivity contribution in [2.45, 2.75) is 164 Å². The van der Waals surface area contributed by atoms with Crippen molar-refractivity contribution in [1.29, 1.82) is 0 Å². The van der Waals surface area contributed by atoms with Crippen LogP contribution in [0.5, 0.6) is 0 Å². The van der Waals surface area contributed by atoms with Gasteiger partial charge in [-0.15, -0.1) is 0 Å². The van der Waals surface area contributed by atoms with Crippen LogP contribution in [0.15, 0.2) is 29.8 Å². The van der Waals surface area contributed by atoms with Crippen LogP contribution in [0.3, 0.4) is 0 Å². The normalized spacial score (nSPS) is 55.1. The fourth-order valence-electron chi connectivity index (χ4n) is 11.9. The highest BCUT2D eigenvalue weighted by atomic mass is 16.8. The van der Waals surface area contributed by atoms with Crippen LogP contribution in [0.4, 0.5) is 5.69 Å². The van der Waals surface area contributed by atoms with Gasteiger partial charge >= 0.3 is 0 Å². The summed E-state index contributed by atoms with van der Waals surface area (Å²) in [5, 5.41) is 54.8. The minimum absolute atomic E-state index is 0.0329. The number of hydrogen-bond acceptors (Lipinski definition) is 10. The summed E-state index contributed by atoms with van der Waals surface area (Å²) in [7, 11) is 0. The molecule has 7 fully saturated rings. The molecule has 1 spiro atoms. The minimum atomic E-state index is -1.83. The van der Waals surface area contributed by atoms with Gasteiger partial charge in [0.25, 0.3) is 0 Å².